The molecule has 0 heterocycles. The van der Waals surface area contributed by atoms with Gasteiger partial charge in [0, 0.05) is 5.56 Å². The Morgan fingerprint density at radius 2 is 2.00 bits per heavy atom. The summed E-state index contributed by atoms with van der Waals surface area (Å²) >= 11 is 0. The molecular weight excluding hydrogens is 227 g/mol. The maximum absolute atomic E-state index is 13.6. The van der Waals surface area contributed by atoms with Gasteiger partial charge in [-0.3, -0.25) is 0 Å². The van der Waals surface area contributed by atoms with Crippen LogP contribution in [0.5, 0.6) is 0 Å². The molecule has 0 aromatic heterocycles. The first kappa shape index (κ1) is 13.5. The summed E-state index contributed by atoms with van der Waals surface area (Å²) < 4.78 is 13.6. The second-order valence-corrected chi connectivity index (χ2v) is 5.62. The summed E-state index contributed by atoms with van der Waals surface area (Å²) in [6, 6.07) is 4.96. The van der Waals surface area contributed by atoms with E-state index in [1.807, 2.05) is 6.92 Å². The summed E-state index contributed by atoms with van der Waals surface area (Å²) in [5.74, 6) is 0.456. The van der Waals surface area contributed by atoms with Crippen LogP contribution in [0.1, 0.15) is 62.2 Å². The molecule has 1 aromatic carbocycles. The van der Waals surface area contributed by atoms with Crippen molar-refractivity contribution in [2.75, 3.05) is 0 Å². The lowest BCUT2D eigenvalue weighted by Gasteiger charge is -2.22. The second-order valence-electron chi connectivity index (χ2n) is 5.62. The molecule has 0 aliphatic heterocycles. The van der Waals surface area contributed by atoms with Crippen LogP contribution in [0.4, 0.5) is 4.39 Å². The molecule has 1 N–H and O–H groups in total. The second kappa shape index (κ2) is 6.33. The molecule has 0 spiro atoms. The van der Waals surface area contributed by atoms with Crippen LogP contribution in [-0.4, -0.2) is 5.11 Å². The number of benzene rings is 1. The fraction of sp³-hybridized carbons (Fsp3) is 0.625. The molecule has 1 aliphatic carbocycles. The van der Waals surface area contributed by atoms with Crippen LogP contribution in [-0.2, 0) is 0 Å². The first-order valence-corrected chi connectivity index (χ1v) is 7.11. The van der Waals surface area contributed by atoms with Gasteiger partial charge in [-0.2, -0.15) is 0 Å². The molecule has 1 atom stereocenters. The average molecular weight is 250 g/mol. The third kappa shape index (κ3) is 3.55. The standard InChI is InChI=1S/C16H23FO/c1-12-7-9-15(17)14(11-12)16(18)10-8-13-5-3-2-4-6-13/h7,9,11,13,16,18H,2-6,8,10H2,1H3. The third-order valence-corrected chi connectivity index (χ3v) is 4.08. The highest BCUT2D eigenvalue weighted by Crippen LogP contribution is 2.31. The van der Waals surface area contributed by atoms with Gasteiger partial charge in [-0.25, -0.2) is 4.39 Å². The Bertz CT molecular complexity index is 383. The van der Waals surface area contributed by atoms with Crippen molar-refractivity contribution in [3.63, 3.8) is 0 Å². The van der Waals surface area contributed by atoms with Gasteiger partial charge in [-0.1, -0.05) is 49.8 Å². The largest absolute Gasteiger partial charge is 0.388 e. The van der Waals surface area contributed by atoms with Crippen molar-refractivity contribution >= 4 is 0 Å². The topological polar surface area (TPSA) is 20.2 Å². The van der Waals surface area contributed by atoms with Crippen LogP contribution >= 0.6 is 0 Å². The van der Waals surface area contributed by atoms with Gasteiger partial charge in [-0.05, 0) is 31.7 Å². The highest BCUT2D eigenvalue weighted by molar-refractivity contribution is 5.25. The molecule has 1 unspecified atom stereocenters. The zero-order valence-electron chi connectivity index (χ0n) is 11.2. The van der Waals surface area contributed by atoms with Crippen LogP contribution < -0.4 is 0 Å². The molecule has 1 saturated carbocycles. The lowest BCUT2D eigenvalue weighted by atomic mass is 9.85. The average Bonchev–Trinajstić information content (AvgIpc) is 2.40. The molecule has 1 nitrogen and oxygen atoms in total. The lowest BCUT2D eigenvalue weighted by molar-refractivity contribution is 0.147. The minimum absolute atomic E-state index is 0.281. The summed E-state index contributed by atoms with van der Waals surface area (Å²) in [5.41, 5.74) is 1.47. The van der Waals surface area contributed by atoms with Crippen LogP contribution in [0.3, 0.4) is 0 Å². The van der Waals surface area contributed by atoms with E-state index < -0.39 is 6.10 Å². The zero-order valence-corrected chi connectivity index (χ0v) is 11.2. The van der Waals surface area contributed by atoms with Crippen molar-refractivity contribution in [2.45, 2.75) is 58.0 Å². The maximum Gasteiger partial charge on any atom is 0.129 e. The quantitative estimate of drug-likeness (QED) is 0.832. The van der Waals surface area contributed by atoms with E-state index in [1.54, 1.807) is 12.1 Å². The highest BCUT2D eigenvalue weighted by Gasteiger charge is 2.17. The van der Waals surface area contributed by atoms with E-state index in [0.717, 1.165) is 17.9 Å². The van der Waals surface area contributed by atoms with E-state index in [4.69, 9.17) is 0 Å². The van der Waals surface area contributed by atoms with E-state index in [0.29, 0.717) is 12.0 Å². The van der Waals surface area contributed by atoms with Gasteiger partial charge in [0.05, 0.1) is 6.10 Å². The molecule has 0 amide bonds. The molecule has 0 bridgehead atoms. The predicted molar refractivity (Wildman–Crippen MR) is 71.9 cm³/mol. The molecule has 2 heteroatoms. The fourth-order valence-corrected chi connectivity index (χ4v) is 2.94. The van der Waals surface area contributed by atoms with Crippen molar-refractivity contribution in [2.24, 2.45) is 5.92 Å². The summed E-state index contributed by atoms with van der Waals surface area (Å²) in [5, 5.41) is 10.1. The van der Waals surface area contributed by atoms with E-state index in [1.165, 1.54) is 38.2 Å². The Morgan fingerprint density at radius 3 is 2.72 bits per heavy atom. The van der Waals surface area contributed by atoms with E-state index in [-0.39, 0.29) is 5.82 Å². The Balaban J connectivity index is 1.90. The normalized spacial score (nSPS) is 18.8. The van der Waals surface area contributed by atoms with E-state index in [9.17, 15) is 9.50 Å². The molecule has 0 radical (unpaired) electrons. The molecule has 18 heavy (non-hydrogen) atoms. The van der Waals surface area contributed by atoms with Gasteiger partial charge in [0.25, 0.3) is 0 Å². The number of aliphatic hydroxyl groups is 1. The molecule has 2 rings (SSSR count). The lowest BCUT2D eigenvalue weighted by Crippen LogP contribution is -2.09. The summed E-state index contributed by atoms with van der Waals surface area (Å²) in [6.07, 6.45) is 7.61. The van der Waals surface area contributed by atoms with E-state index >= 15 is 0 Å². The Hall–Kier alpha value is -0.890. The number of rotatable bonds is 4. The number of aliphatic hydroxyl groups excluding tert-OH is 1. The Labute approximate surface area is 109 Å². The van der Waals surface area contributed by atoms with Crippen LogP contribution in [0, 0.1) is 18.7 Å². The van der Waals surface area contributed by atoms with Gasteiger partial charge < -0.3 is 5.11 Å². The summed E-state index contributed by atoms with van der Waals surface area (Å²) in [4.78, 5) is 0. The van der Waals surface area contributed by atoms with Gasteiger partial charge in [0.15, 0.2) is 0 Å². The molecule has 1 fully saturated rings. The van der Waals surface area contributed by atoms with Gasteiger partial charge in [0.1, 0.15) is 5.82 Å². The minimum atomic E-state index is -0.646. The SMILES string of the molecule is Cc1ccc(F)c(C(O)CCC2CCCCC2)c1. The maximum atomic E-state index is 13.6. The third-order valence-electron chi connectivity index (χ3n) is 4.08. The van der Waals surface area contributed by atoms with Crippen molar-refractivity contribution < 1.29 is 9.50 Å². The number of aryl methyl sites for hydroxylation is 1. The minimum Gasteiger partial charge on any atom is -0.388 e. The predicted octanol–water partition coefficient (Wildman–Crippen LogP) is 4.53. The van der Waals surface area contributed by atoms with Crippen LogP contribution in [0.25, 0.3) is 0 Å². The van der Waals surface area contributed by atoms with Gasteiger partial charge in [-0.15, -0.1) is 0 Å². The number of halogens is 1. The zero-order chi connectivity index (χ0) is 13.0. The number of hydrogen-bond donors (Lipinski definition) is 1. The molecular formula is C16H23FO. The first-order chi connectivity index (χ1) is 8.66. The van der Waals surface area contributed by atoms with Crippen LogP contribution in [0.2, 0.25) is 0 Å². The van der Waals surface area contributed by atoms with Crippen molar-refractivity contribution in [3.05, 3.63) is 35.1 Å². The van der Waals surface area contributed by atoms with Crippen LogP contribution in [0.15, 0.2) is 18.2 Å². The monoisotopic (exact) mass is 250 g/mol. The molecule has 0 saturated heterocycles. The van der Waals surface area contributed by atoms with Crippen molar-refractivity contribution in [3.8, 4) is 0 Å². The van der Waals surface area contributed by atoms with Gasteiger partial charge in [0.2, 0.25) is 0 Å². The molecule has 100 valence electrons. The molecule has 1 aromatic rings. The smallest absolute Gasteiger partial charge is 0.129 e. The van der Waals surface area contributed by atoms with E-state index in [2.05, 4.69) is 0 Å². The molecule has 1 aliphatic rings. The van der Waals surface area contributed by atoms with Crippen molar-refractivity contribution in [1.82, 2.24) is 0 Å². The Morgan fingerprint density at radius 1 is 1.28 bits per heavy atom. The number of hydrogen-bond acceptors (Lipinski definition) is 1. The summed E-state index contributed by atoms with van der Waals surface area (Å²) in [7, 11) is 0. The van der Waals surface area contributed by atoms with Gasteiger partial charge >= 0.3 is 0 Å². The fourth-order valence-electron chi connectivity index (χ4n) is 2.94. The summed E-state index contributed by atoms with van der Waals surface area (Å²) in [6.45, 7) is 1.93. The van der Waals surface area contributed by atoms with Crippen molar-refractivity contribution in [1.29, 1.82) is 0 Å². The highest BCUT2D eigenvalue weighted by atomic mass is 19.1. The Kier molecular flexibility index (Phi) is 4.76. The first-order valence-electron chi connectivity index (χ1n) is 7.11.